The van der Waals surface area contributed by atoms with Crippen LogP contribution < -0.4 is 10.6 Å². The molecule has 2 N–H and O–H groups in total. The highest BCUT2D eigenvalue weighted by molar-refractivity contribution is 6.30. The molecule has 1 aliphatic heterocycles. The first-order chi connectivity index (χ1) is 9.35. The van der Waals surface area contributed by atoms with E-state index < -0.39 is 5.54 Å². The van der Waals surface area contributed by atoms with Gasteiger partial charge in [0.2, 0.25) is 5.91 Å². The largest absolute Gasteiger partial charge is 0.368 e. The average Bonchev–Trinajstić information content (AvgIpc) is 2.37. The first-order valence-corrected chi connectivity index (χ1v) is 7.30. The molecule has 0 unspecified atom stereocenters. The molecule has 20 heavy (non-hydrogen) atoms. The number of amides is 1. The van der Waals surface area contributed by atoms with E-state index in [1.165, 1.54) is 0 Å². The molecule has 2 rings (SSSR count). The molecule has 1 aromatic carbocycles. The van der Waals surface area contributed by atoms with Crippen LogP contribution in [0.3, 0.4) is 0 Å². The number of carbonyl (C=O) groups excluding carboxylic acids is 1. The fourth-order valence-electron chi connectivity index (χ4n) is 2.39. The molecule has 0 bridgehead atoms. The van der Waals surface area contributed by atoms with Gasteiger partial charge in [-0.2, -0.15) is 0 Å². The molecule has 0 radical (unpaired) electrons. The number of piperazine rings is 1. The summed E-state index contributed by atoms with van der Waals surface area (Å²) in [4.78, 5) is 16.3. The van der Waals surface area contributed by atoms with Crippen molar-refractivity contribution in [2.75, 3.05) is 31.1 Å². The molecule has 1 aromatic rings. The summed E-state index contributed by atoms with van der Waals surface area (Å²) in [6.07, 6.45) is 0.393. The van der Waals surface area contributed by atoms with E-state index in [0.29, 0.717) is 6.42 Å². The Balaban J connectivity index is 1.91. The third-order valence-electron chi connectivity index (χ3n) is 3.41. The molecule has 0 saturated carbocycles. The number of rotatable bonds is 3. The topological polar surface area (TPSA) is 49.6 Å². The average molecular weight is 296 g/mol. The molecule has 1 aliphatic rings. The molecule has 1 saturated heterocycles. The maximum absolute atomic E-state index is 12.1. The molecule has 4 nitrogen and oxygen atoms in total. The zero-order chi connectivity index (χ0) is 14.8. The Morgan fingerprint density at radius 1 is 1.30 bits per heavy atom. The van der Waals surface area contributed by atoms with Gasteiger partial charge in [0.15, 0.2) is 0 Å². The van der Waals surface area contributed by atoms with E-state index in [-0.39, 0.29) is 5.91 Å². The first-order valence-electron chi connectivity index (χ1n) is 6.92. The zero-order valence-electron chi connectivity index (χ0n) is 12.1. The van der Waals surface area contributed by atoms with Crippen molar-refractivity contribution >= 4 is 23.2 Å². The second kappa shape index (κ2) is 6.02. The summed E-state index contributed by atoms with van der Waals surface area (Å²) in [6, 6.07) is 7.83. The Hall–Kier alpha value is -1.26. The third kappa shape index (κ3) is 4.12. The lowest BCUT2D eigenvalue weighted by Crippen LogP contribution is -2.50. The van der Waals surface area contributed by atoms with E-state index in [4.69, 9.17) is 17.3 Å². The van der Waals surface area contributed by atoms with E-state index in [2.05, 4.69) is 4.90 Å². The van der Waals surface area contributed by atoms with Gasteiger partial charge in [-0.15, -0.1) is 0 Å². The van der Waals surface area contributed by atoms with Crippen molar-refractivity contribution < 1.29 is 4.79 Å². The molecule has 0 aliphatic carbocycles. The van der Waals surface area contributed by atoms with Crippen LogP contribution in [0.2, 0.25) is 5.02 Å². The number of carbonyl (C=O) groups is 1. The molecular formula is C15H22ClN3O. The Kier molecular flexibility index (Phi) is 4.55. The fraction of sp³-hybridized carbons (Fsp3) is 0.533. The van der Waals surface area contributed by atoms with Gasteiger partial charge in [0.25, 0.3) is 0 Å². The minimum atomic E-state index is -0.443. The molecule has 110 valence electrons. The summed E-state index contributed by atoms with van der Waals surface area (Å²) >= 11 is 6.01. The molecular weight excluding hydrogens is 274 g/mol. The van der Waals surface area contributed by atoms with Crippen molar-refractivity contribution in [2.24, 2.45) is 5.73 Å². The Morgan fingerprint density at radius 3 is 2.50 bits per heavy atom. The van der Waals surface area contributed by atoms with Gasteiger partial charge in [0, 0.05) is 48.8 Å². The number of nitrogens with two attached hydrogens (primary N) is 1. The number of nitrogens with zero attached hydrogens (tertiary/aromatic N) is 2. The van der Waals surface area contributed by atoms with Crippen LogP contribution >= 0.6 is 11.6 Å². The normalized spacial score (nSPS) is 16.4. The van der Waals surface area contributed by atoms with Gasteiger partial charge >= 0.3 is 0 Å². The van der Waals surface area contributed by atoms with E-state index in [9.17, 15) is 4.79 Å². The van der Waals surface area contributed by atoms with Gasteiger partial charge in [-0.3, -0.25) is 4.79 Å². The van der Waals surface area contributed by atoms with Gasteiger partial charge in [-0.05, 0) is 32.0 Å². The molecule has 5 heteroatoms. The van der Waals surface area contributed by atoms with E-state index in [1.807, 2.05) is 43.0 Å². The molecule has 0 atom stereocenters. The van der Waals surface area contributed by atoms with Crippen LogP contribution in [0, 0.1) is 0 Å². The Morgan fingerprint density at radius 2 is 1.95 bits per heavy atom. The predicted molar refractivity (Wildman–Crippen MR) is 83.1 cm³/mol. The minimum absolute atomic E-state index is 0.142. The second-order valence-electron chi connectivity index (χ2n) is 6.01. The van der Waals surface area contributed by atoms with Crippen LogP contribution in [0.15, 0.2) is 24.3 Å². The Bertz CT molecular complexity index is 476. The van der Waals surface area contributed by atoms with Crippen molar-refractivity contribution in [3.05, 3.63) is 29.3 Å². The monoisotopic (exact) mass is 295 g/mol. The van der Waals surface area contributed by atoms with Gasteiger partial charge in [-0.25, -0.2) is 0 Å². The van der Waals surface area contributed by atoms with Gasteiger partial charge in [0.05, 0.1) is 0 Å². The van der Waals surface area contributed by atoms with E-state index in [0.717, 1.165) is 36.9 Å². The Labute approximate surface area is 125 Å². The van der Waals surface area contributed by atoms with Crippen molar-refractivity contribution in [2.45, 2.75) is 25.8 Å². The van der Waals surface area contributed by atoms with Crippen molar-refractivity contribution in [3.63, 3.8) is 0 Å². The van der Waals surface area contributed by atoms with Crippen LogP contribution in [0.25, 0.3) is 0 Å². The van der Waals surface area contributed by atoms with Crippen LogP contribution in [0.5, 0.6) is 0 Å². The minimum Gasteiger partial charge on any atom is -0.368 e. The summed E-state index contributed by atoms with van der Waals surface area (Å²) in [6.45, 7) is 6.90. The lowest BCUT2D eigenvalue weighted by Gasteiger charge is -2.37. The van der Waals surface area contributed by atoms with E-state index >= 15 is 0 Å². The predicted octanol–water partition coefficient (Wildman–Crippen LogP) is 2.12. The molecule has 1 fully saturated rings. The van der Waals surface area contributed by atoms with Crippen LogP contribution in [0.1, 0.15) is 20.3 Å². The van der Waals surface area contributed by atoms with Crippen molar-refractivity contribution in [1.82, 2.24) is 4.90 Å². The highest BCUT2D eigenvalue weighted by Crippen LogP contribution is 2.21. The number of hydrogen-bond donors (Lipinski definition) is 1. The summed E-state index contributed by atoms with van der Waals surface area (Å²) < 4.78 is 0. The standard InChI is InChI=1S/C15H22ClN3O/c1-15(2,17)11-14(20)19-8-6-18(7-9-19)13-5-3-4-12(16)10-13/h3-5,10H,6-9,11,17H2,1-2H3. The molecule has 1 amide bonds. The summed E-state index contributed by atoms with van der Waals surface area (Å²) in [5, 5.41) is 0.742. The van der Waals surface area contributed by atoms with Crippen molar-refractivity contribution in [1.29, 1.82) is 0 Å². The first kappa shape index (κ1) is 15.1. The molecule has 0 spiro atoms. The highest BCUT2D eigenvalue weighted by atomic mass is 35.5. The smallest absolute Gasteiger partial charge is 0.224 e. The third-order valence-corrected chi connectivity index (χ3v) is 3.65. The van der Waals surface area contributed by atoms with Gasteiger partial charge in [-0.1, -0.05) is 17.7 Å². The van der Waals surface area contributed by atoms with E-state index in [1.54, 1.807) is 0 Å². The maximum Gasteiger partial charge on any atom is 0.224 e. The van der Waals surface area contributed by atoms with Crippen LogP contribution in [-0.4, -0.2) is 42.5 Å². The second-order valence-corrected chi connectivity index (χ2v) is 6.45. The number of halogens is 1. The zero-order valence-corrected chi connectivity index (χ0v) is 12.9. The van der Waals surface area contributed by atoms with Gasteiger partial charge in [0.1, 0.15) is 0 Å². The maximum atomic E-state index is 12.1. The molecule has 1 heterocycles. The number of hydrogen-bond acceptors (Lipinski definition) is 3. The van der Waals surface area contributed by atoms with Crippen LogP contribution in [0.4, 0.5) is 5.69 Å². The number of anilines is 1. The highest BCUT2D eigenvalue weighted by Gasteiger charge is 2.25. The lowest BCUT2D eigenvalue weighted by molar-refractivity contribution is -0.132. The van der Waals surface area contributed by atoms with Crippen molar-refractivity contribution in [3.8, 4) is 0 Å². The summed E-state index contributed by atoms with van der Waals surface area (Å²) in [5.74, 6) is 0.142. The SMILES string of the molecule is CC(C)(N)CC(=O)N1CCN(c2cccc(Cl)c2)CC1. The lowest BCUT2D eigenvalue weighted by atomic mass is 10.0. The van der Waals surface area contributed by atoms with Crippen LogP contribution in [-0.2, 0) is 4.79 Å². The fourth-order valence-corrected chi connectivity index (χ4v) is 2.57. The summed E-state index contributed by atoms with van der Waals surface area (Å²) in [5.41, 5.74) is 6.58. The summed E-state index contributed by atoms with van der Waals surface area (Å²) in [7, 11) is 0. The quantitative estimate of drug-likeness (QED) is 0.929. The van der Waals surface area contributed by atoms with Gasteiger partial charge < -0.3 is 15.5 Å². The molecule has 0 aromatic heterocycles. The number of benzene rings is 1.